The van der Waals surface area contributed by atoms with Crippen LogP contribution in [0.1, 0.15) is 36.0 Å². The second kappa shape index (κ2) is 5.44. The van der Waals surface area contributed by atoms with E-state index in [0.29, 0.717) is 5.69 Å². The Kier molecular flexibility index (Phi) is 3.60. The monoisotopic (exact) mass is 303 g/mol. The van der Waals surface area contributed by atoms with Crippen LogP contribution in [0.25, 0.3) is 0 Å². The molecule has 2 fully saturated rings. The van der Waals surface area contributed by atoms with Crippen LogP contribution in [-0.2, 0) is 9.59 Å². The van der Waals surface area contributed by atoms with Crippen LogP contribution < -0.4 is 9.64 Å². The number of imide groups is 1. The summed E-state index contributed by atoms with van der Waals surface area (Å²) in [6.45, 7) is 0. The molecule has 6 nitrogen and oxygen atoms in total. The summed E-state index contributed by atoms with van der Waals surface area (Å²) in [5.41, 5.74) is 0.383. The van der Waals surface area contributed by atoms with E-state index < -0.39 is 5.97 Å². The lowest BCUT2D eigenvalue weighted by molar-refractivity contribution is -0.122. The molecule has 1 aromatic carbocycles. The Balaban J connectivity index is 1.98. The van der Waals surface area contributed by atoms with Gasteiger partial charge in [-0.05, 0) is 25.0 Å². The van der Waals surface area contributed by atoms with Crippen LogP contribution in [0.5, 0.6) is 5.75 Å². The molecule has 3 rings (SSSR count). The van der Waals surface area contributed by atoms with Gasteiger partial charge >= 0.3 is 5.97 Å². The second-order valence-electron chi connectivity index (χ2n) is 5.70. The first-order chi connectivity index (χ1) is 10.5. The van der Waals surface area contributed by atoms with Crippen molar-refractivity contribution in [2.75, 3.05) is 12.0 Å². The quantitative estimate of drug-likeness (QED) is 0.864. The van der Waals surface area contributed by atoms with Crippen LogP contribution >= 0.6 is 0 Å². The normalized spacial score (nSPS) is 24.3. The lowest BCUT2D eigenvalue weighted by atomic mass is 9.81. The van der Waals surface area contributed by atoms with Crippen LogP contribution in [-0.4, -0.2) is 30.0 Å². The smallest absolute Gasteiger partial charge is 0.339 e. The number of hydrogen-bond acceptors (Lipinski definition) is 4. The number of anilines is 1. The van der Waals surface area contributed by atoms with Gasteiger partial charge in [0.2, 0.25) is 11.8 Å². The number of ether oxygens (including phenoxy) is 1. The standard InChI is InChI=1S/C16H17NO5/c1-22-13-8-9(6-7-12(13)16(20)21)17-14(18)10-4-2-3-5-11(10)15(17)19/h6-8,10-11H,2-5H2,1H3,(H,20,21). The SMILES string of the molecule is COc1cc(N2C(=O)C3CCCCC3C2=O)ccc1C(=O)O. The first kappa shape index (κ1) is 14.6. The Bertz CT molecular complexity index is 630. The molecule has 2 atom stereocenters. The fourth-order valence-corrected chi connectivity index (χ4v) is 3.41. The Morgan fingerprint density at radius 3 is 2.27 bits per heavy atom. The zero-order valence-corrected chi connectivity index (χ0v) is 12.2. The highest BCUT2D eigenvalue weighted by Crippen LogP contribution is 2.40. The lowest BCUT2D eigenvalue weighted by Crippen LogP contribution is -2.30. The maximum atomic E-state index is 12.5. The van der Waals surface area contributed by atoms with Gasteiger partial charge in [0.1, 0.15) is 11.3 Å². The number of methoxy groups -OCH3 is 1. The summed E-state index contributed by atoms with van der Waals surface area (Å²) in [4.78, 5) is 37.3. The first-order valence-corrected chi connectivity index (χ1v) is 7.33. The van der Waals surface area contributed by atoms with E-state index >= 15 is 0 Å². The summed E-state index contributed by atoms with van der Waals surface area (Å²) in [6.07, 6.45) is 3.43. The molecule has 1 aliphatic heterocycles. The molecule has 1 aromatic rings. The third-order valence-corrected chi connectivity index (χ3v) is 4.51. The summed E-state index contributed by atoms with van der Waals surface area (Å²) in [7, 11) is 1.36. The molecular weight excluding hydrogens is 286 g/mol. The van der Waals surface area contributed by atoms with Crippen molar-refractivity contribution in [2.45, 2.75) is 25.7 Å². The number of amides is 2. The summed E-state index contributed by atoms with van der Waals surface area (Å²) in [6, 6.07) is 4.29. The minimum atomic E-state index is -1.11. The Morgan fingerprint density at radius 2 is 1.77 bits per heavy atom. The van der Waals surface area contributed by atoms with Gasteiger partial charge in [-0.15, -0.1) is 0 Å². The molecule has 0 aromatic heterocycles. The summed E-state index contributed by atoms with van der Waals surface area (Å²) in [5, 5.41) is 9.10. The number of nitrogens with zero attached hydrogens (tertiary/aromatic N) is 1. The molecule has 0 radical (unpaired) electrons. The van der Waals surface area contributed by atoms with E-state index in [2.05, 4.69) is 0 Å². The third-order valence-electron chi connectivity index (χ3n) is 4.51. The van der Waals surface area contributed by atoms with E-state index in [1.165, 1.54) is 30.2 Å². The number of carbonyl (C=O) groups is 3. The van der Waals surface area contributed by atoms with Gasteiger partial charge in [-0.25, -0.2) is 9.69 Å². The van der Waals surface area contributed by atoms with Crippen molar-refractivity contribution in [3.05, 3.63) is 23.8 Å². The molecule has 1 saturated carbocycles. The number of carboxylic acids is 1. The molecule has 6 heteroatoms. The number of benzene rings is 1. The van der Waals surface area contributed by atoms with Gasteiger partial charge in [-0.2, -0.15) is 0 Å². The summed E-state index contributed by atoms with van der Waals surface area (Å²) >= 11 is 0. The van der Waals surface area contributed by atoms with Gasteiger partial charge in [0.25, 0.3) is 0 Å². The summed E-state index contributed by atoms with van der Waals surface area (Å²) < 4.78 is 5.07. The Hall–Kier alpha value is -2.37. The van der Waals surface area contributed by atoms with Crippen molar-refractivity contribution in [3.63, 3.8) is 0 Å². The zero-order valence-electron chi connectivity index (χ0n) is 12.2. The molecule has 2 amide bonds. The average molecular weight is 303 g/mol. The summed E-state index contributed by atoms with van der Waals surface area (Å²) in [5.74, 6) is -1.80. The highest BCUT2D eigenvalue weighted by atomic mass is 16.5. The maximum Gasteiger partial charge on any atom is 0.339 e. The van der Waals surface area contributed by atoms with Crippen molar-refractivity contribution in [3.8, 4) is 5.75 Å². The van der Waals surface area contributed by atoms with Crippen molar-refractivity contribution in [2.24, 2.45) is 11.8 Å². The number of hydrogen-bond donors (Lipinski definition) is 1. The fourth-order valence-electron chi connectivity index (χ4n) is 3.41. The molecule has 0 spiro atoms. The van der Waals surface area contributed by atoms with E-state index in [-0.39, 0.29) is 35.0 Å². The molecule has 1 saturated heterocycles. The van der Waals surface area contributed by atoms with E-state index in [4.69, 9.17) is 9.84 Å². The highest BCUT2D eigenvalue weighted by Gasteiger charge is 2.48. The van der Waals surface area contributed by atoms with Gasteiger partial charge in [0.05, 0.1) is 24.6 Å². The molecule has 22 heavy (non-hydrogen) atoms. The number of aromatic carboxylic acids is 1. The number of rotatable bonds is 3. The zero-order chi connectivity index (χ0) is 15.9. The van der Waals surface area contributed by atoms with E-state index in [0.717, 1.165) is 25.7 Å². The predicted molar refractivity (Wildman–Crippen MR) is 77.9 cm³/mol. The molecule has 1 N–H and O–H groups in total. The van der Waals surface area contributed by atoms with Crippen LogP contribution in [0.2, 0.25) is 0 Å². The molecule has 1 aliphatic carbocycles. The second-order valence-corrected chi connectivity index (χ2v) is 5.70. The molecule has 116 valence electrons. The minimum absolute atomic E-state index is 0.00256. The largest absolute Gasteiger partial charge is 0.496 e. The highest BCUT2D eigenvalue weighted by molar-refractivity contribution is 6.22. The van der Waals surface area contributed by atoms with Crippen molar-refractivity contribution in [1.82, 2.24) is 0 Å². The topological polar surface area (TPSA) is 83.9 Å². The van der Waals surface area contributed by atoms with Gasteiger partial charge in [-0.1, -0.05) is 12.8 Å². The average Bonchev–Trinajstić information content (AvgIpc) is 2.78. The lowest BCUT2D eigenvalue weighted by Gasteiger charge is -2.19. The van der Waals surface area contributed by atoms with Crippen molar-refractivity contribution < 1.29 is 24.2 Å². The number of carboxylic acid groups (broad SMARTS) is 1. The molecular formula is C16H17NO5. The fraction of sp³-hybridized carbons (Fsp3) is 0.438. The van der Waals surface area contributed by atoms with Crippen LogP contribution in [0.4, 0.5) is 5.69 Å². The molecule has 2 unspecified atom stereocenters. The first-order valence-electron chi connectivity index (χ1n) is 7.33. The predicted octanol–water partition coefficient (Wildman–Crippen LogP) is 2.07. The minimum Gasteiger partial charge on any atom is -0.496 e. The van der Waals surface area contributed by atoms with Gasteiger partial charge in [0, 0.05) is 6.07 Å². The number of fused-ring (bicyclic) bond motifs is 1. The van der Waals surface area contributed by atoms with Gasteiger partial charge < -0.3 is 9.84 Å². The van der Waals surface area contributed by atoms with Crippen LogP contribution in [0.3, 0.4) is 0 Å². The van der Waals surface area contributed by atoms with Gasteiger partial charge in [-0.3, -0.25) is 9.59 Å². The van der Waals surface area contributed by atoms with E-state index in [1.54, 1.807) is 0 Å². The molecule has 0 bridgehead atoms. The Morgan fingerprint density at radius 1 is 1.18 bits per heavy atom. The molecule has 2 aliphatic rings. The maximum absolute atomic E-state index is 12.5. The number of carbonyl (C=O) groups excluding carboxylic acids is 2. The third kappa shape index (κ3) is 2.15. The molecule has 1 heterocycles. The van der Waals surface area contributed by atoms with Crippen molar-refractivity contribution in [1.29, 1.82) is 0 Å². The van der Waals surface area contributed by atoms with E-state index in [1.807, 2.05) is 0 Å². The van der Waals surface area contributed by atoms with E-state index in [9.17, 15) is 14.4 Å². The van der Waals surface area contributed by atoms with Crippen LogP contribution in [0.15, 0.2) is 18.2 Å². The van der Waals surface area contributed by atoms with Crippen LogP contribution in [0, 0.1) is 11.8 Å². The van der Waals surface area contributed by atoms with Crippen molar-refractivity contribution >= 4 is 23.5 Å². The van der Waals surface area contributed by atoms with Gasteiger partial charge in [0.15, 0.2) is 0 Å². The Labute approximate surface area is 127 Å².